The largest absolute Gasteiger partial charge is 0.492 e. The molecule has 2 aromatic rings. The number of amides is 1. The van der Waals surface area contributed by atoms with Gasteiger partial charge in [0.05, 0.1) is 22.6 Å². The van der Waals surface area contributed by atoms with Gasteiger partial charge in [0.2, 0.25) is 0 Å². The summed E-state index contributed by atoms with van der Waals surface area (Å²) in [5, 5.41) is 0. The summed E-state index contributed by atoms with van der Waals surface area (Å²) in [7, 11) is -3.50. The quantitative estimate of drug-likeness (QED) is 0.626. The first-order valence-electron chi connectivity index (χ1n) is 10.7. The summed E-state index contributed by atoms with van der Waals surface area (Å²) < 4.78 is 68.2. The van der Waals surface area contributed by atoms with Gasteiger partial charge in [-0.1, -0.05) is 0 Å². The van der Waals surface area contributed by atoms with Crippen molar-refractivity contribution in [1.82, 2.24) is 4.90 Å². The van der Waals surface area contributed by atoms with Gasteiger partial charge in [-0.15, -0.1) is 0 Å². The minimum Gasteiger partial charge on any atom is -0.492 e. The Morgan fingerprint density at radius 3 is 2.21 bits per heavy atom. The molecule has 1 saturated carbocycles. The van der Waals surface area contributed by atoms with Crippen LogP contribution in [0.4, 0.5) is 18.9 Å². The van der Waals surface area contributed by atoms with Crippen molar-refractivity contribution < 1.29 is 31.1 Å². The predicted octanol–water partition coefficient (Wildman–Crippen LogP) is 3.86. The lowest BCUT2D eigenvalue weighted by Crippen LogP contribution is -2.48. The number of hydrogen-bond donors (Lipinski definition) is 0. The topological polar surface area (TPSA) is 66.9 Å². The van der Waals surface area contributed by atoms with E-state index in [0.29, 0.717) is 50.1 Å². The Balaban J connectivity index is 1.47. The third kappa shape index (κ3) is 5.61. The van der Waals surface area contributed by atoms with E-state index in [1.807, 2.05) is 4.90 Å². The van der Waals surface area contributed by atoms with E-state index in [4.69, 9.17) is 4.74 Å². The monoisotopic (exact) mass is 482 g/mol. The van der Waals surface area contributed by atoms with Gasteiger partial charge in [-0.2, -0.15) is 13.2 Å². The Labute approximate surface area is 190 Å². The van der Waals surface area contributed by atoms with Crippen LogP contribution in [-0.4, -0.2) is 58.3 Å². The first-order valence-corrected chi connectivity index (χ1v) is 12.6. The summed E-state index contributed by atoms with van der Waals surface area (Å²) in [5.74, 6) is 0.512. The second kappa shape index (κ2) is 8.89. The van der Waals surface area contributed by atoms with Gasteiger partial charge in [0.25, 0.3) is 5.91 Å². The third-order valence-corrected chi connectivity index (χ3v) is 7.02. The molecule has 0 aromatic heterocycles. The summed E-state index contributed by atoms with van der Waals surface area (Å²) in [5.41, 5.74) is 0.161. The van der Waals surface area contributed by atoms with Crippen molar-refractivity contribution in [3.05, 3.63) is 53.6 Å². The molecule has 2 aliphatic rings. The molecule has 33 heavy (non-hydrogen) atoms. The summed E-state index contributed by atoms with van der Waals surface area (Å²) in [6.45, 7) is 2.08. The molecule has 4 rings (SSSR count). The highest BCUT2D eigenvalue weighted by Gasteiger charge is 2.31. The van der Waals surface area contributed by atoms with E-state index in [1.165, 1.54) is 30.3 Å². The van der Waals surface area contributed by atoms with Crippen LogP contribution in [0.3, 0.4) is 0 Å². The van der Waals surface area contributed by atoms with E-state index < -0.39 is 21.6 Å². The molecule has 2 aromatic carbocycles. The number of carbonyl (C=O) groups is 1. The van der Waals surface area contributed by atoms with Crippen LogP contribution >= 0.6 is 0 Å². The lowest BCUT2D eigenvalue weighted by atomic mass is 10.1. The van der Waals surface area contributed by atoms with E-state index in [2.05, 4.69) is 0 Å². The SMILES string of the molecule is CS(=O)(=O)c1ccc(OCC2CC2)c(C(=O)N2CCN(c3ccc(C(F)(F)F)cc3)CC2)c1. The van der Waals surface area contributed by atoms with Crippen LogP contribution in [0.1, 0.15) is 28.8 Å². The highest BCUT2D eigenvalue weighted by molar-refractivity contribution is 7.90. The molecule has 2 fully saturated rings. The zero-order valence-electron chi connectivity index (χ0n) is 18.1. The lowest BCUT2D eigenvalue weighted by Gasteiger charge is -2.36. The molecule has 0 bridgehead atoms. The Bertz CT molecular complexity index is 1120. The average molecular weight is 483 g/mol. The first-order chi connectivity index (χ1) is 15.5. The number of halogens is 3. The number of carbonyl (C=O) groups excluding carboxylic acids is 1. The zero-order chi connectivity index (χ0) is 23.8. The molecule has 0 N–H and O–H groups in total. The van der Waals surface area contributed by atoms with Crippen molar-refractivity contribution in [1.29, 1.82) is 0 Å². The number of benzene rings is 2. The van der Waals surface area contributed by atoms with Crippen LogP contribution in [0.15, 0.2) is 47.4 Å². The van der Waals surface area contributed by atoms with Crippen LogP contribution in [0.25, 0.3) is 0 Å². The fourth-order valence-corrected chi connectivity index (χ4v) is 4.37. The minimum absolute atomic E-state index is 0.0491. The predicted molar refractivity (Wildman–Crippen MR) is 117 cm³/mol. The Morgan fingerprint density at radius 1 is 1.03 bits per heavy atom. The van der Waals surface area contributed by atoms with Crippen molar-refractivity contribution in [2.45, 2.75) is 23.9 Å². The van der Waals surface area contributed by atoms with Crippen LogP contribution in [-0.2, 0) is 16.0 Å². The lowest BCUT2D eigenvalue weighted by molar-refractivity contribution is -0.137. The molecule has 6 nitrogen and oxygen atoms in total. The summed E-state index contributed by atoms with van der Waals surface area (Å²) >= 11 is 0. The minimum atomic E-state index is -4.39. The number of piperazine rings is 1. The Kier molecular flexibility index (Phi) is 6.30. The number of alkyl halides is 3. The van der Waals surface area contributed by atoms with E-state index in [0.717, 1.165) is 31.2 Å². The molecule has 0 spiro atoms. The van der Waals surface area contributed by atoms with Gasteiger partial charge in [0.15, 0.2) is 9.84 Å². The Morgan fingerprint density at radius 2 is 1.67 bits per heavy atom. The third-order valence-electron chi connectivity index (χ3n) is 5.91. The van der Waals surface area contributed by atoms with Gasteiger partial charge in [-0.3, -0.25) is 4.79 Å². The second-order valence-electron chi connectivity index (χ2n) is 8.51. The molecular weight excluding hydrogens is 457 g/mol. The van der Waals surface area contributed by atoms with Crippen molar-refractivity contribution >= 4 is 21.4 Å². The van der Waals surface area contributed by atoms with Crippen molar-refractivity contribution in [2.24, 2.45) is 5.92 Å². The number of hydrogen-bond acceptors (Lipinski definition) is 5. The van der Waals surface area contributed by atoms with Crippen molar-refractivity contribution in [3.63, 3.8) is 0 Å². The zero-order valence-corrected chi connectivity index (χ0v) is 19.0. The smallest absolute Gasteiger partial charge is 0.416 e. The van der Waals surface area contributed by atoms with Crippen molar-refractivity contribution in [3.8, 4) is 5.75 Å². The summed E-state index contributed by atoms with van der Waals surface area (Å²) in [4.78, 5) is 16.8. The molecule has 1 heterocycles. The van der Waals surface area contributed by atoms with E-state index in [1.54, 1.807) is 4.90 Å². The number of anilines is 1. The van der Waals surface area contributed by atoms with Gasteiger partial charge in [-0.25, -0.2) is 8.42 Å². The average Bonchev–Trinajstić information content (AvgIpc) is 3.61. The maximum atomic E-state index is 13.3. The molecule has 0 unspecified atom stereocenters. The maximum absolute atomic E-state index is 13.3. The number of sulfone groups is 1. The number of nitrogens with zero attached hydrogens (tertiary/aromatic N) is 2. The van der Waals surface area contributed by atoms with Crippen LogP contribution < -0.4 is 9.64 Å². The molecule has 178 valence electrons. The van der Waals surface area contributed by atoms with Gasteiger partial charge in [-0.05, 0) is 61.2 Å². The van der Waals surface area contributed by atoms with Crippen molar-refractivity contribution in [2.75, 3.05) is 43.9 Å². The maximum Gasteiger partial charge on any atom is 0.416 e. The van der Waals surface area contributed by atoms with Crippen LogP contribution in [0.5, 0.6) is 5.75 Å². The first kappa shape index (κ1) is 23.4. The molecule has 0 radical (unpaired) electrons. The van der Waals surface area contributed by atoms with Gasteiger partial charge in [0, 0.05) is 38.1 Å². The molecule has 10 heteroatoms. The highest BCUT2D eigenvalue weighted by atomic mass is 32.2. The molecule has 1 saturated heterocycles. The van der Waals surface area contributed by atoms with E-state index in [-0.39, 0.29) is 16.4 Å². The molecule has 0 atom stereocenters. The van der Waals surface area contributed by atoms with Gasteiger partial charge < -0.3 is 14.5 Å². The number of rotatable bonds is 6. The number of ether oxygens (including phenoxy) is 1. The fraction of sp³-hybridized carbons (Fsp3) is 0.435. The summed E-state index contributed by atoms with van der Waals surface area (Å²) in [6.07, 6.45) is -1.14. The highest BCUT2D eigenvalue weighted by Crippen LogP contribution is 2.32. The molecular formula is C23H25F3N2O4S. The van der Waals surface area contributed by atoms with E-state index in [9.17, 15) is 26.4 Å². The standard InChI is InChI=1S/C23H25F3N2O4S/c1-33(30,31)19-8-9-21(32-15-16-2-3-16)20(14-19)22(29)28-12-10-27(11-13-28)18-6-4-17(5-7-18)23(24,25)26/h4-9,14,16H,2-3,10-13,15H2,1H3. The fourth-order valence-electron chi connectivity index (χ4n) is 3.72. The molecule has 1 aliphatic carbocycles. The normalized spacial score (nSPS) is 17.2. The van der Waals surface area contributed by atoms with Crippen LogP contribution in [0.2, 0.25) is 0 Å². The Hall–Kier alpha value is -2.75. The van der Waals surface area contributed by atoms with Crippen LogP contribution in [0, 0.1) is 5.92 Å². The summed E-state index contributed by atoms with van der Waals surface area (Å²) in [6, 6.07) is 9.29. The molecule has 1 amide bonds. The van der Waals surface area contributed by atoms with Gasteiger partial charge in [0.1, 0.15) is 5.75 Å². The molecule has 1 aliphatic heterocycles. The second-order valence-corrected chi connectivity index (χ2v) is 10.5. The van der Waals surface area contributed by atoms with E-state index >= 15 is 0 Å². The van der Waals surface area contributed by atoms with Gasteiger partial charge >= 0.3 is 6.18 Å².